The number of hydrogen-bond donors (Lipinski definition) is 1. The minimum atomic E-state index is -3.41. The lowest BCUT2D eigenvalue weighted by molar-refractivity contribution is 0.475. The van der Waals surface area contributed by atoms with Crippen LogP contribution in [0, 0.1) is 6.92 Å². The summed E-state index contributed by atoms with van der Waals surface area (Å²) in [5, 5.41) is 9.61. The van der Waals surface area contributed by atoms with Gasteiger partial charge in [-0.25, -0.2) is 12.7 Å². The van der Waals surface area contributed by atoms with Crippen molar-refractivity contribution in [3.63, 3.8) is 0 Å². The van der Waals surface area contributed by atoms with E-state index in [1.165, 1.54) is 18.4 Å². The number of benzene rings is 2. The second-order valence-corrected chi connectivity index (χ2v) is 7.02. The van der Waals surface area contributed by atoms with E-state index in [9.17, 15) is 13.5 Å². The first-order chi connectivity index (χ1) is 9.30. The topological polar surface area (TPSA) is 57.6 Å². The third kappa shape index (κ3) is 2.84. The Kier molecular flexibility index (Phi) is 3.83. The molecule has 2 aromatic carbocycles. The predicted molar refractivity (Wildman–Crippen MR) is 79.2 cm³/mol. The minimum absolute atomic E-state index is 0.199. The highest BCUT2D eigenvalue weighted by Gasteiger charge is 2.16. The summed E-state index contributed by atoms with van der Waals surface area (Å²) in [4.78, 5) is 0.253. The molecule has 2 rings (SSSR count). The quantitative estimate of drug-likeness (QED) is 0.945. The van der Waals surface area contributed by atoms with E-state index in [4.69, 9.17) is 0 Å². The van der Waals surface area contributed by atoms with E-state index < -0.39 is 10.0 Å². The fourth-order valence-electron chi connectivity index (χ4n) is 1.96. The number of phenols is 1. The van der Waals surface area contributed by atoms with Crippen LogP contribution in [0.4, 0.5) is 0 Å². The molecule has 0 heterocycles. The largest absolute Gasteiger partial charge is 0.508 e. The Morgan fingerprint density at radius 1 is 0.950 bits per heavy atom. The van der Waals surface area contributed by atoms with Crippen molar-refractivity contribution < 1.29 is 13.5 Å². The van der Waals surface area contributed by atoms with Crippen LogP contribution in [0.1, 0.15) is 5.56 Å². The summed E-state index contributed by atoms with van der Waals surface area (Å²) in [5.41, 5.74) is 2.67. The second-order valence-electron chi connectivity index (χ2n) is 4.87. The highest BCUT2D eigenvalue weighted by molar-refractivity contribution is 7.89. The molecule has 0 atom stereocenters. The van der Waals surface area contributed by atoms with Gasteiger partial charge in [-0.3, -0.25) is 0 Å². The van der Waals surface area contributed by atoms with E-state index in [1.54, 1.807) is 36.4 Å². The summed E-state index contributed by atoms with van der Waals surface area (Å²) in [7, 11) is -0.405. The molecule has 0 aliphatic rings. The third-order valence-corrected chi connectivity index (χ3v) is 4.86. The first-order valence-corrected chi connectivity index (χ1v) is 7.58. The Labute approximate surface area is 119 Å². The normalized spacial score (nSPS) is 11.8. The molecule has 0 saturated heterocycles. The van der Waals surface area contributed by atoms with Gasteiger partial charge in [0.1, 0.15) is 5.75 Å². The van der Waals surface area contributed by atoms with E-state index in [0.29, 0.717) is 0 Å². The van der Waals surface area contributed by atoms with Gasteiger partial charge in [0.05, 0.1) is 4.90 Å². The summed E-state index contributed by atoms with van der Waals surface area (Å²) in [6.07, 6.45) is 0. The van der Waals surface area contributed by atoms with Gasteiger partial charge in [-0.1, -0.05) is 18.2 Å². The Hall–Kier alpha value is -1.85. The molecule has 0 bridgehead atoms. The zero-order chi connectivity index (χ0) is 14.9. The van der Waals surface area contributed by atoms with Crippen molar-refractivity contribution in [3.8, 4) is 16.9 Å². The molecule has 0 aromatic heterocycles. The van der Waals surface area contributed by atoms with Crippen LogP contribution in [-0.4, -0.2) is 31.9 Å². The van der Waals surface area contributed by atoms with Crippen molar-refractivity contribution in [2.45, 2.75) is 11.8 Å². The molecule has 1 N–H and O–H groups in total. The van der Waals surface area contributed by atoms with Crippen molar-refractivity contribution >= 4 is 10.0 Å². The average molecular weight is 291 g/mol. The smallest absolute Gasteiger partial charge is 0.242 e. The summed E-state index contributed by atoms with van der Waals surface area (Å²) in [6.45, 7) is 1.90. The lowest BCUT2D eigenvalue weighted by atomic mass is 10.0. The molecule has 0 radical (unpaired) electrons. The Bertz CT molecular complexity index is 699. The molecular weight excluding hydrogens is 274 g/mol. The number of sulfonamides is 1. The van der Waals surface area contributed by atoms with Crippen LogP contribution in [0.25, 0.3) is 11.1 Å². The maximum atomic E-state index is 12.0. The van der Waals surface area contributed by atoms with Crippen molar-refractivity contribution in [2.24, 2.45) is 0 Å². The number of phenolic OH excluding ortho intramolecular Hbond substituents is 1. The molecule has 0 spiro atoms. The van der Waals surface area contributed by atoms with E-state index >= 15 is 0 Å². The van der Waals surface area contributed by atoms with Gasteiger partial charge in [0, 0.05) is 14.1 Å². The average Bonchev–Trinajstić information content (AvgIpc) is 2.37. The molecule has 5 heteroatoms. The van der Waals surface area contributed by atoms with Crippen LogP contribution in [-0.2, 0) is 10.0 Å². The Morgan fingerprint density at radius 2 is 1.55 bits per heavy atom. The summed E-state index contributed by atoms with van der Waals surface area (Å²) < 4.78 is 25.1. The van der Waals surface area contributed by atoms with Gasteiger partial charge in [0.15, 0.2) is 0 Å². The standard InChI is InChI=1S/C15H17NO3S/c1-11-8-13(10-14(17)9-11)12-4-6-15(7-5-12)20(18,19)16(2)3/h4-10,17H,1-3H3. The lowest BCUT2D eigenvalue weighted by Crippen LogP contribution is -2.22. The Balaban J connectivity index is 2.43. The predicted octanol–water partition coefficient (Wildman–Crippen LogP) is 2.62. The first kappa shape index (κ1) is 14.6. The highest BCUT2D eigenvalue weighted by Crippen LogP contribution is 2.26. The van der Waals surface area contributed by atoms with Crippen LogP contribution in [0.15, 0.2) is 47.4 Å². The van der Waals surface area contributed by atoms with Gasteiger partial charge in [-0.05, 0) is 47.9 Å². The number of aryl methyl sites for hydroxylation is 1. The van der Waals surface area contributed by atoms with E-state index in [1.807, 2.05) is 13.0 Å². The lowest BCUT2D eigenvalue weighted by Gasteiger charge is -2.12. The molecule has 20 heavy (non-hydrogen) atoms. The first-order valence-electron chi connectivity index (χ1n) is 6.14. The van der Waals surface area contributed by atoms with Crippen LogP contribution >= 0.6 is 0 Å². The van der Waals surface area contributed by atoms with Crippen LogP contribution in [0.3, 0.4) is 0 Å². The Morgan fingerprint density at radius 3 is 2.05 bits per heavy atom. The summed E-state index contributed by atoms with van der Waals surface area (Å²) in [6, 6.07) is 11.9. The van der Waals surface area contributed by atoms with Crippen molar-refractivity contribution in [1.82, 2.24) is 4.31 Å². The molecule has 0 unspecified atom stereocenters. The number of aromatic hydroxyl groups is 1. The zero-order valence-corrected chi connectivity index (χ0v) is 12.5. The molecule has 0 aliphatic carbocycles. The zero-order valence-electron chi connectivity index (χ0n) is 11.7. The molecule has 0 fully saturated rings. The van der Waals surface area contributed by atoms with Gasteiger partial charge in [-0.15, -0.1) is 0 Å². The summed E-state index contributed by atoms with van der Waals surface area (Å²) in [5.74, 6) is 0.199. The second kappa shape index (κ2) is 5.26. The number of hydrogen-bond acceptors (Lipinski definition) is 3. The van der Waals surface area contributed by atoms with E-state index in [2.05, 4.69) is 0 Å². The van der Waals surface area contributed by atoms with Crippen LogP contribution in [0.5, 0.6) is 5.75 Å². The minimum Gasteiger partial charge on any atom is -0.508 e. The highest BCUT2D eigenvalue weighted by atomic mass is 32.2. The molecule has 0 amide bonds. The van der Waals surface area contributed by atoms with E-state index in [-0.39, 0.29) is 10.6 Å². The fraction of sp³-hybridized carbons (Fsp3) is 0.200. The maximum Gasteiger partial charge on any atom is 0.242 e. The molecule has 4 nitrogen and oxygen atoms in total. The van der Waals surface area contributed by atoms with Crippen molar-refractivity contribution in [3.05, 3.63) is 48.0 Å². The van der Waals surface area contributed by atoms with Crippen molar-refractivity contribution in [2.75, 3.05) is 14.1 Å². The molecule has 0 aliphatic heterocycles. The monoisotopic (exact) mass is 291 g/mol. The molecular formula is C15H17NO3S. The van der Waals surface area contributed by atoms with Crippen LogP contribution in [0.2, 0.25) is 0 Å². The molecule has 2 aromatic rings. The maximum absolute atomic E-state index is 12.0. The number of nitrogens with zero attached hydrogens (tertiary/aromatic N) is 1. The van der Waals surface area contributed by atoms with Gasteiger partial charge in [-0.2, -0.15) is 0 Å². The van der Waals surface area contributed by atoms with Gasteiger partial charge < -0.3 is 5.11 Å². The number of rotatable bonds is 3. The molecule has 106 valence electrons. The SMILES string of the molecule is Cc1cc(O)cc(-c2ccc(S(=O)(=O)N(C)C)cc2)c1. The van der Waals surface area contributed by atoms with Crippen molar-refractivity contribution in [1.29, 1.82) is 0 Å². The third-order valence-electron chi connectivity index (χ3n) is 3.03. The molecule has 0 saturated carbocycles. The van der Waals surface area contributed by atoms with Crippen LogP contribution < -0.4 is 0 Å². The van der Waals surface area contributed by atoms with Gasteiger partial charge >= 0.3 is 0 Å². The summed E-state index contributed by atoms with van der Waals surface area (Å²) >= 11 is 0. The van der Waals surface area contributed by atoms with Gasteiger partial charge in [0.25, 0.3) is 0 Å². The van der Waals surface area contributed by atoms with E-state index in [0.717, 1.165) is 16.7 Å². The van der Waals surface area contributed by atoms with Gasteiger partial charge in [0.2, 0.25) is 10.0 Å². The fourth-order valence-corrected chi connectivity index (χ4v) is 2.86.